The minimum Gasteiger partial charge on any atom is -0.383 e. The zero-order valence-electron chi connectivity index (χ0n) is 37.3. The van der Waals surface area contributed by atoms with Crippen LogP contribution in [0.25, 0.3) is 0 Å². The number of ether oxygens (including phenoxy) is 17. The standard InChI is InChI=1S/C44H58B4O17/c1-25(19-49-3)52-15-17-54-29-33-30(55-18-16-53-26(2)20-50-4)36-39(35(29)60-41(58-33)61-36)64-43(45,46)23-51-24-44(47,48)65-40-37-31(56-21-27-11-7-5-8-12-27)34-32(38(40)63-42(59-34)62-37)57-22-28-13-9-6-10-14-28/h5-14,25-26,29-42H,15-24H2,1-4H3/t25-,26-,29?,30?,31?,32?,33?,34?,35?,36?,37?,38?,39?,40?,41?,42?/m1/s1. The van der Waals surface area contributed by atoms with Crippen LogP contribution < -0.4 is 0 Å². The average Bonchev–Trinajstić information content (AvgIpc) is 3.27. The molecule has 8 aliphatic rings. The van der Waals surface area contributed by atoms with Crippen molar-refractivity contribution >= 4 is 31.4 Å². The molecule has 10 atom stereocenters. The molecule has 348 valence electrons. The molecule has 6 saturated heterocycles. The molecule has 2 aromatic carbocycles. The molecule has 8 fully saturated rings. The second-order valence-corrected chi connectivity index (χ2v) is 17.2. The molecular formula is C44H58B4O17. The second kappa shape index (κ2) is 22.6. The number of hydrogen-bond donors (Lipinski definition) is 0. The van der Waals surface area contributed by atoms with Crippen LogP contribution in [0.15, 0.2) is 60.7 Å². The van der Waals surface area contributed by atoms with Gasteiger partial charge in [-0.25, -0.2) is 0 Å². The SMILES string of the molecule is [B]C([B])(COCC([B])([B])OC1C2OC3OC(C2OCc2ccccc2)C(OCc2ccccc2)C1O3)OC1C2OC3OC(C2OCCO[C@H](C)COC)C(OCCO[C@H](C)COC)C1O3. The predicted molar refractivity (Wildman–Crippen MR) is 230 cm³/mol. The summed E-state index contributed by atoms with van der Waals surface area (Å²) in [5.74, 6) is 0. The molecule has 6 heterocycles. The van der Waals surface area contributed by atoms with Crippen LogP contribution in [-0.2, 0) is 93.7 Å². The highest BCUT2D eigenvalue weighted by molar-refractivity contribution is 6.39. The number of rotatable bonds is 28. The van der Waals surface area contributed by atoms with Gasteiger partial charge in [0, 0.05) is 25.0 Å². The molecule has 65 heavy (non-hydrogen) atoms. The van der Waals surface area contributed by atoms with Crippen molar-refractivity contribution in [2.75, 3.05) is 67.1 Å². The van der Waals surface area contributed by atoms with Crippen LogP contribution in [0.3, 0.4) is 0 Å². The minimum atomic E-state index is -1.92. The summed E-state index contributed by atoms with van der Waals surface area (Å²) in [5, 5.41) is -3.83. The zero-order chi connectivity index (χ0) is 45.6. The normalized spacial score (nSPS) is 34.6. The van der Waals surface area contributed by atoms with E-state index in [2.05, 4.69) is 0 Å². The van der Waals surface area contributed by atoms with E-state index >= 15 is 0 Å². The maximum absolute atomic E-state index is 6.61. The first-order valence-electron chi connectivity index (χ1n) is 22.2. The molecular weight excluding hydrogens is 844 g/mol. The lowest BCUT2D eigenvalue weighted by atomic mass is 9.64. The second-order valence-electron chi connectivity index (χ2n) is 17.2. The van der Waals surface area contributed by atoms with Gasteiger partial charge in [0.2, 0.25) is 0 Å². The average molecular weight is 902 g/mol. The van der Waals surface area contributed by atoms with Crippen LogP contribution in [0.4, 0.5) is 0 Å². The summed E-state index contributed by atoms with van der Waals surface area (Å²) in [7, 11) is 29.6. The first-order chi connectivity index (χ1) is 31.4. The number of hydrogen-bond acceptors (Lipinski definition) is 17. The first-order valence-corrected chi connectivity index (χ1v) is 22.2. The lowest BCUT2D eigenvalue weighted by molar-refractivity contribution is -0.491. The van der Waals surface area contributed by atoms with Gasteiger partial charge in [-0.3, -0.25) is 0 Å². The van der Waals surface area contributed by atoms with Crippen LogP contribution in [0.1, 0.15) is 25.0 Å². The van der Waals surface area contributed by atoms with Gasteiger partial charge in [-0.2, -0.15) is 0 Å². The Morgan fingerprint density at radius 2 is 0.815 bits per heavy atom. The lowest BCUT2D eigenvalue weighted by Gasteiger charge is -2.59. The highest BCUT2D eigenvalue weighted by Gasteiger charge is 2.65. The van der Waals surface area contributed by atoms with Crippen molar-refractivity contribution in [2.24, 2.45) is 0 Å². The largest absolute Gasteiger partial charge is 0.383 e. The minimum absolute atomic E-state index is 0.132. The van der Waals surface area contributed by atoms with Crippen molar-refractivity contribution in [3.63, 3.8) is 0 Å². The Balaban J connectivity index is 0.907. The summed E-state index contributed by atoms with van der Waals surface area (Å²) in [6.07, 6.45) is -8.48. The van der Waals surface area contributed by atoms with Gasteiger partial charge in [0.15, 0.2) is 0 Å². The molecule has 6 aliphatic heterocycles. The van der Waals surface area contributed by atoms with Crippen LogP contribution in [0, 0.1) is 0 Å². The van der Waals surface area contributed by atoms with Gasteiger partial charge < -0.3 is 80.5 Å². The van der Waals surface area contributed by atoms with E-state index in [0.29, 0.717) is 13.2 Å². The quantitative estimate of drug-likeness (QED) is 0.0871. The van der Waals surface area contributed by atoms with E-state index in [1.54, 1.807) is 14.2 Å². The van der Waals surface area contributed by atoms with E-state index in [4.69, 9.17) is 112 Å². The molecule has 2 aromatic rings. The van der Waals surface area contributed by atoms with Crippen LogP contribution in [-0.4, -0.2) is 208 Å². The van der Waals surface area contributed by atoms with E-state index in [1.807, 2.05) is 74.5 Å². The van der Waals surface area contributed by atoms with Gasteiger partial charge in [-0.1, -0.05) is 60.7 Å². The topological polar surface area (TPSA) is 157 Å². The summed E-state index contributed by atoms with van der Waals surface area (Å²) < 4.78 is 103. The zero-order valence-corrected chi connectivity index (χ0v) is 37.3. The van der Waals surface area contributed by atoms with Gasteiger partial charge in [0.05, 0.1) is 78.3 Å². The Morgan fingerprint density at radius 1 is 0.477 bits per heavy atom. The fraction of sp³-hybridized carbons (Fsp3) is 0.727. The number of methoxy groups -OCH3 is 2. The van der Waals surface area contributed by atoms with Crippen molar-refractivity contribution in [1.82, 2.24) is 0 Å². The molecule has 8 bridgehead atoms. The molecule has 2 aliphatic carbocycles. The molecule has 0 aromatic heterocycles. The molecule has 21 heteroatoms. The molecule has 10 rings (SSSR count). The first kappa shape index (κ1) is 49.4. The Morgan fingerprint density at radius 3 is 1.17 bits per heavy atom. The third-order valence-electron chi connectivity index (χ3n) is 11.8. The smallest absolute Gasteiger partial charge is 0.272 e. The summed E-state index contributed by atoms with van der Waals surface area (Å²) in [6.45, 7) is 3.59. The molecule has 17 nitrogen and oxygen atoms in total. The van der Waals surface area contributed by atoms with Crippen molar-refractivity contribution in [3.05, 3.63) is 71.8 Å². The summed E-state index contributed by atoms with van der Waals surface area (Å²) >= 11 is 0. The van der Waals surface area contributed by atoms with Crippen molar-refractivity contribution in [1.29, 1.82) is 0 Å². The fourth-order valence-corrected chi connectivity index (χ4v) is 9.07. The Bertz CT molecular complexity index is 1640. The maximum Gasteiger partial charge on any atom is 0.272 e. The Labute approximate surface area is 386 Å². The highest BCUT2D eigenvalue weighted by atomic mass is 16.9. The lowest BCUT2D eigenvalue weighted by Crippen LogP contribution is -2.77. The summed E-state index contributed by atoms with van der Waals surface area (Å²) in [6, 6.07) is 19.5. The van der Waals surface area contributed by atoms with Gasteiger partial charge in [-0.15, -0.1) is 0 Å². The van der Waals surface area contributed by atoms with Crippen LogP contribution >= 0.6 is 0 Å². The summed E-state index contributed by atoms with van der Waals surface area (Å²) in [5.41, 5.74) is 1.93. The molecule has 8 unspecified atom stereocenters. The third kappa shape index (κ3) is 12.4. The third-order valence-corrected chi connectivity index (χ3v) is 11.8. The Kier molecular flexibility index (Phi) is 17.2. The van der Waals surface area contributed by atoms with Gasteiger partial charge in [-0.05, 0) is 25.0 Å². The van der Waals surface area contributed by atoms with Gasteiger partial charge in [0.1, 0.15) is 105 Å². The predicted octanol–water partition coefficient (Wildman–Crippen LogP) is 0.759. The van der Waals surface area contributed by atoms with E-state index < -0.39 is 97.0 Å². The molecule has 2 saturated carbocycles. The molecule has 0 N–H and O–H groups in total. The molecule has 8 radical (unpaired) electrons. The van der Waals surface area contributed by atoms with E-state index in [0.717, 1.165) is 11.1 Å². The van der Waals surface area contributed by atoms with Crippen LogP contribution in [0.5, 0.6) is 0 Å². The molecule has 0 spiro atoms. The van der Waals surface area contributed by atoms with Crippen molar-refractivity contribution in [3.8, 4) is 0 Å². The maximum atomic E-state index is 6.61. The van der Waals surface area contributed by atoms with Crippen molar-refractivity contribution < 1.29 is 80.5 Å². The van der Waals surface area contributed by atoms with Crippen molar-refractivity contribution in [2.45, 2.75) is 136 Å². The van der Waals surface area contributed by atoms with E-state index in [9.17, 15) is 0 Å². The number of benzene rings is 2. The monoisotopic (exact) mass is 902 g/mol. The van der Waals surface area contributed by atoms with Gasteiger partial charge in [0.25, 0.3) is 13.0 Å². The highest BCUT2D eigenvalue weighted by Crippen LogP contribution is 2.46. The van der Waals surface area contributed by atoms with E-state index in [1.165, 1.54) is 0 Å². The molecule has 0 amide bonds. The van der Waals surface area contributed by atoms with E-state index in [-0.39, 0.29) is 65.1 Å². The fourth-order valence-electron chi connectivity index (χ4n) is 9.07. The summed E-state index contributed by atoms with van der Waals surface area (Å²) in [4.78, 5) is 0. The Hall–Kier alpha value is -1.98. The van der Waals surface area contributed by atoms with Gasteiger partial charge >= 0.3 is 0 Å². The van der Waals surface area contributed by atoms with Crippen LogP contribution in [0.2, 0.25) is 0 Å².